The summed E-state index contributed by atoms with van der Waals surface area (Å²) in [6.07, 6.45) is 10.5. The zero-order chi connectivity index (χ0) is 14.5. The fraction of sp³-hybridized carbons (Fsp3) is 0.625. The van der Waals surface area contributed by atoms with E-state index in [1.165, 1.54) is 25.7 Å². The standard InChI is InChI=1S/C16H23N3O2/c1-2-3-9-20-12-15-17-16(13-8-10-21-11-13)18-19(15)14-6-4-5-7-14/h8,10-11,14H,2-7,9,12H2,1H3. The highest BCUT2D eigenvalue weighted by Crippen LogP contribution is 2.31. The van der Waals surface area contributed by atoms with Gasteiger partial charge in [-0.1, -0.05) is 26.2 Å². The van der Waals surface area contributed by atoms with Gasteiger partial charge in [-0.2, -0.15) is 5.10 Å². The van der Waals surface area contributed by atoms with Gasteiger partial charge in [-0.15, -0.1) is 0 Å². The van der Waals surface area contributed by atoms with Crippen LogP contribution in [0.3, 0.4) is 0 Å². The molecule has 1 fully saturated rings. The maximum atomic E-state index is 5.74. The van der Waals surface area contributed by atoms with Gasteiger partial charge in [-0.25, -0.2) is 9.67 Å². The Hall–Kier alpha value is -1.62. The molecule has 0 bridgehead atoms. The molecule has 0 N–H and O–H groups in total. The molecule has 2 heterocycles. The zero-order valence-corrected chi connectivity index (χ0v) is 12.6. The smallest absolute Gasteiger partial charge is 0.184 e. The van der Waals surface area contributed by atoms with Crippen molar-refractivity contribution in [1.82, 2.24) is 14.8 Å². The van der Waals surface area contributed by atoms with Crippen molar-refractivity contribution >= 4 is 0 Å². The lowest BCUT2D eigenvalue weighted by Gasteiger charge is -2.12. The molecule has 0 atom stereocenters. The first-order chi connectivity index (χ1) is 10.4. The van der Waals surface area contributed by atoms with Gasteiger partial charge in [-0.3, -0.25) is 0 Å². The summed E-state index contributed by atoms with van der Waals surface area (Å²) < 4.78 is 13.0. The summed E-state index contributed by atoms with van der Waals surface area (Å²) in [6.45, 7) is 3.50. The van der Waals surface area contributed by atoms with Gasteiger partial charge in [0.05, 0.1) is 17.9 Å². The highest BCUT2D eigenvalue weighted by Gasteiger charge is 2.23. The van der Waals surface area contributed by atoms with Crippen molar-refractivity contribution in [2.45, 2.75) is 58.1 Å². The molecule has 114 valence electrons. The van der Waals surface area contributed by atoms with E-state index < -0.39 is 0 Å². The molecule has 0 radical (unpaired) electrons. The summed E-state index contributed by atoms with van der Waals surface area (Å²) >= 11 is 0. The minimum Gasteiger partial charge on any atom is -0.472 e. The molecule has 0 saturated heterocycles. The van der Waals surface area contributed by atoms with Gasteiger partial charge in [0.15, 0.2) is 11.6 Å². The minimum atomic E-state index is 0.475. The van der Waals surface area contributed by atoms with E-state index in [2.05, 4.69) is 16.6 Å². The Kier molecular flexibility index (Phi) is 4.70. The number of nitrogens with zero attached hydrogens (tertiary/aromatic N) is 3. The number of aromatic nitrogens is 3. The molecule has 5 nitrogen and oxygen atoms in total. The molecule has 0 spiro atoms. The van der Waals surface area contributed by atoms with Crippen LogP contribution in [-0.2, 0) is 11.3 Å². The molecule has 0 amide bonds. The topological polar surface area (TPSA) is 53.1 Å². The van der Waals surface area contributed by atoms with Crippen LogP contribution in [0.4, 0.5) is 0 Å². The fourth-order valence-electron chi connectivity index (χ4n) is 2.82. The first kappa shape index (κ1) is 14.3. The van der Waals surface area contributed by atoms with Crippen molar-refractivity contribution in [1.29, 1.82) is 0 Å². The van der Waals surface area contributed by atoms with Crippen LogP contribution < -0.4 is 0 Å². The maximum absolute atomic E-state index is 5.74. The molecule has 5 heteroatoms. The molecule has 21 heavy (non-hydrogen) atoms. The van der Waals surface area contributed by atoms with Gasteiger partial charge in [-0.05, 0) is 25.3 Å². The lowest BCUT2D eigenvalue weighted by molar-refractivity contribution is 0.108. The Morgan fingerprint density at radius 2 is 2.24 bits per heavy atom. The van der Waals surface area contributed by atoms with Crippen LogP contribution in [0.2, 0.25) is 0 Å². The third-order valence-corrected chi connectivity index (χ3v) is 4.03. The first-order valence-electron chi connectivity index (χ1n) is 7.94. The first-order valence-corrected chi connectivity index (χ1v) is 7.94. The van der Waals surface area contributed by atoms with Gasteiger partial charge in [0.2, 0.25) is 0 Å². The van der Waals surface area contributed by atoms with Gasteiger partial charge in [0, 0.05) is 6.61 Å². The van der Waals surface area contributed by atoms with E-state index in [1.807, 2.05) is 6.07 Å². The van der Waals surface area contributed by atoms with Crippen molar-refractivity contribution in [3.63, 3.8) is 0 Å². The molecule has 0 aliphatic heterocycles. The minimum absolute atomic E-state index is 0.475. The van der Waals surface area contributed by atoms with Crippen LogP contribution in [0.1, 0.15) is 57.3 Å². The molecule has 2 aromatic rings. The number of hydrogen-bond donors (Lipinski definition) is 0. The largest absolute Gasteiger partial charge is 0.472 e. The second-order valence-electron chi connectivity index (χ2n) is 5.65. The lowest BCUT2D eigenvalue weighted by Crippen LogP contribution is -2.12. The van der Waals surface area contributed by atoms with E-state index >= 15 is 0 Å². The molecular weight excluding hydrogens is 266 g/mol. The van der Waals surface area contributed by atoms with Crippen molar-refractivity contribution in [2.24, 2.45) is 0 Å². The Labute approximate surface area is 125 Å². The van der Waals surface area contributed by atoms with Crippen molar-refractivity contribution in [3.8, 4) is 11.4 Å². The van der Waals surface area contributed by atoms with Crippen LogP contribution in [-0.4, -0.2) is 21.4 Å². The summed E-state index contributed by atoms with van der Waals surface area (Å²) in [5, 5.41) is 4.70. The molecule has 1 aliphatic carbocycles. The SMILES string of the molecule is CCCCOCc1nc(-c2ccoc2)nn1C1CCCC1. The Morgan fingerprint density at radius 3 is 2.95 bits per heavy atom. The van der Waals surface area contributed by atoms with Crippen LogP contribution in [0.15, 0.2) is 23.0 Å². The fourth-order valence-corrected chi connectivity index (χ4v) is 2.82. The quantitative estimate of drug-likeness (QED) is 0.724. The van der Waals surface area contributed by atoms with Crippen LogP contribution in [0.25, 0.3) is 11.4 Å². The van der Waals surface area contributed by atoms with Crippen molar-refractivity contribution in [3.05, 3.63) is 24.4 Å². The number of ether oxygens (including phenoxy) is 1. The van der Waals surface area contributed by atoms with Gasteiger partial charge >= 0.3 is 0 Å². The zero-order valence-electron chi connectivity index (χ0n) is 12.6. The van der Waals surface area contributed by atoms with E-state index in [9.17, 15) is 0 Å². The average molecular weight is 289 g/mol. The van der Waals surface area contributed by atoms with Gasteiger partial charge in [0.1, 0.15) is 12.9 Å². The molecule has 0 aromatic carbocycles. The Morgan fingerprint density at radius 1 is 1.38 bits per heavy atom. The van der Waals surface area contributed by atoms with Gasteiger partial charge < -0.3 is 9.15 Å². The van der Waals surface area contributed by atoms with Gasteiger partial charge in [0.25, 0.3) is 0 Å². The van der Waals surface area contributed by atoms with E-state index in [0.717, 1.165) is 36.7 Å². The monoisotopic (exact) mass is 289 g/mol. The lowest BCUT2D eigenvalue weighted by atomic mass is 10.2. The summed E-state index contributed by atoms with van der Waals surface area (Å²) in [6, 6.07) is 2.37. The molecule has 3 rings (SSSR count). The van der Waals surface area contributed by atoms with E-state index in [-0.39, 0.29) is 0 Å². The predicted molar refractivity (Wildman–Crippen MR) is 79.8 cm³/mol. The number of hydrogen-bond acceptors (Lipinski definition) is 4. The van der Waals surface area contributed by atoms with E-state index in [1.54, 1.807) is 12.5 Å². The number of furan rings is 1. The Balaban J connectivity index is 1.78. The molecule has 2 aromatic heterocycles. The normalized spacial score (nSPS) is 15.9. The highest BCUT2D eigenvalue weighted by molar-refractivity contribution is 5.51. The Bertz CT molecular complexity index is 542. The van der Waals surface area contributed by atoms with Crippen molar-refractivity contribution < 1.29 is 9.15 Å². The summed E-state index contributed by atoms with van der Waals surface area (Å²) in [7, 11) is 0. The highest BCUT2D eigenvalue weighted by atomic mass is 16.5. The molecule has 0 unspecified atom stereocenters. The number of rotatable bonds is 7. The molecule has 1 aliphatic rings. The third-order valence-electron chi connectivity index (χ3n) is 4.03. The molecular formula is C16H23N3O2. The van der Waals surface area contributed by atoms with E-state index in [4.69, 9.17) is 14.3 Å². The summed E-state index contributed by atoms with van der Waals surface area (Å²) in [5.41, 5.74) is 0.932. The van der Waals surface area contributed by atoms with Crippen LogP contribution in [0.5, 0.6) is 0 Å². The summed E-state index contributed by atoms with van der Waals surface area (Å²) in [5.74, 6) is 1.68. The van der Waals surface area contributed by atoms with Crippen LogP contribution >= 0.6 is 0 Å². The maximum Gasteiger partial charge on any atom is 0.184 e. The molecule has 1 saturated carbocycles. The second kappa shape index (κ2) is 6.89. The average Bonchev–Trinajstić information content (AvgIpc) is 3.23. The predicted octanol–water partition coefficient (Wildman–Crippen LogP) is 3.97. The summed E-state index contributed by atoms with van der Waals surface area (Å²) in [4.78, 5) is 4.66. The third kappa shape index (κ3) is 3.35. The van der Waals surface area contributed by atoms with Crippen LogP contribution in [0, 0.1) is 0 Å². The second-order valence-corrected chi connectivity index (χ2v) is 5.65. The van der Waals surface area contributed by atoms with Crippen molar-refractivity contribution in [2.75, 3.05) is 6.61 Å². The van der Waals surface area contributed by atoms with E-state index in [0.29, 0.717) is 12.6 Å². The number of unbranched alkanes of at least 4 members (excludes halogenated alkanes) is 1.